The zero-order valence-electron chi connectivity index (χ0n) is 12.2. The molecule has 3 rings (SSSR count). The van der Waals surface area contributed by atoms with Crippen molar-refractivity contribution in [2.45, 2.75) is 55.6 Å². The first-order valence-corrected chi connectivity index (χ1v) is 8.91. The van der Waals surface area contributed by atoms with E-state index < -0.39 is 14.6 Å². The predicted molar refractivity (Wildman–Crippen MR) is 81.4 cm³/mol. The average molecular weight is 290 g/mol. The van der Waals surface area contributed by atoms with Gasteiger partial charge in [-0.15, -0.1) is 0 Å². The normalized spacial score (nSPS) is 33.1. The van der Waals surface area contributed by atoms with E-state index >= 15 is 0 Å². The van der Waals surface area contributed by atoms with Gasteiger partial charge < -0.3 is 0 Å². The highest BCUT2D eigenvalue weighted by atomic mass is 32.2. The highest BCUT2D eigenvalue weighted by Gasteiger charge is 2.73. The molecule has 0 N–H and O–H groups in total. The molecule has 2 fully saturated rings. The molecule has 0 aromatic heterocycles. The zero-order chi connectivity index (χ0) is 14.4. The number of hydrogen-bond donors (Lipinski definition) is 0. The van der Waals surface area contributed by atoms with Gasteiger partial charge in [-0.2, -0.15) is 0 Å². The SMILES string of the molecule is C/C=C/[C@]12CCCC[C@@]1(S(=O)(=O)c1ccc(C)cc1)C2. The Morgan fingerprint density at radius 2 is 1.75 bits per heavy atom. The number of sulfone groups is 1. The van der Waals surface area contributed by atoms with Crippen LogP contribution < -0.4 is 0 Å². The van der Waals surface area contributed by atoms with Crippen LogP contribution in [0.2, 0.25) is 0 Å². The minimum absolute atomic E-state index is 0.0935. The van der Waals surface area contributed by atoms with E-state index in [9.17, 15) is 8.42 Å². The molecule has 2 atom stereocenters. The van der Waals surface area contributed by atoms with E-state index in [2.05, 4.69) is 6.08 Å². The second kappa shape index (κ2) is 4.45. The third-order valence-corrected chi connectivity index (χ3v) is 7.84. The van der Waals surface area contributed by atoms with Crippen molar-refractivity contribution in [3.05, 3.63) is 42.0 Å². The van der Waals surface area contributed by atoms with Crippen molar-refractivity contribution in [2.75, 3.05) is 0 Å². The Bertz CT molecular complexity index is 642. The summed E-state index contributed by atoms with van der Waals surface area (Å²) in [7, 11) is -3.24. The van der Waals surface area contributed by atoms with E-state index in [1.807, 2.05) is 32.1 Å². The molecule has 0 spiro atoms. The van der Waals surface area contributed by atoms with E-state index in [1.54, 1.807) is 12.1 Å². The molecule has 2 aliphatic carbocycles. The van der Waals surface area contributed by atoms with E-state index in [-0.39, 0.29) is 5.41 Å². The Hall–Kier alpha value is -1.09. The summed E-state index contributed by atoms with van der Waals surface area (Å²) in [6, 6.07) is 7.33. The van der Waals surface area contributed by atoms with Gasteiger partial charge in [0, 0.05) is 5.41 Å². The van der Waals surface area contributed by atoms with Gasteiger partial charge in [-0.25, -0.2) is 8.42 Å². The highest BCUT2D eigenvalue weighted by Crippen LogP contribution is 2.70. The molecule has 0 aliphatic heterocycles. The van der Waals surface area contributed by atoms with Crippen molar-refractivity contribution >= 4 is 9.84 Å². The maximum Gasteiger partial charge on any atom is 0.184 e. The summed E-state index contributed by atoms with van der Waals surface area (Å²) in [6.45, 7) is 3.97. The van der Waals surface area contributed by atoms with Gasteiger partial charge in [0.15, 0.2) is 9.84 Å². The van der Waals surface area contributed by atoms with E-state index in [4.69, 9.17) is 0 Å². The molecule has 20 heavy (non-hydrogen) atoms. The topological polar surface area (TPSA) is 34.1 Å². The van der Waals surface area contributed by atoms with Gasteiger partial charge in [0.25, 0.3) is 0 Å². The smallest absolute Gasteiger partial charge is 0.184 e. The molecule has 3 heteroatoms. The van der Waals surface area contributed by atoms with Gasteiger partial charge in [0.1, 0.15) is 0 Å². The monoisotopic (exact) mass is 290 g/mol. The molecule has 2 nitrogen and oxygen atoms in total. The first-order valence-electron chi connectivity index (χ1n) is 7.43. The minimum atomic E-state index is -3.24. The molecule has 0 unspecified atom stereocenters. The quantitative estimate of drug-likeness (QED) is 0.787. The van der Waals surface area contributed by atoms with Crippen LogP contribution in [0, 0.1) is 12.3 Å². The van der Waals surface area contributed by atoms with Crippen molar-refractivity contribution in [1.29, 1.82) is 0 Å². The first kappa shape index (κ1) is 13.9. The summed E-state index contributed by atoms with van der Waals surface area (Å²) in [4.78, 5) is 0.497. The molecular weight excluding hydrogens is 268 g/mol. The van der Waals surface area contributed by atoms with Gasteiger partial charge >= 0.3 is 0 Å². The first-order chi connectivity index (χ1) is 9.47. The Kier molecular flexibility index (Phi) is 3.09. The van der Waals surface area contributed by atoms with E-state index in [1.165, 1.54) is 0 Å². The number of benzene rings is 1. The molecule has 1 aromatic carbocycles. The van der Waals surface area contributed by atoms with Crippen molar-refractivity contribution in [2.24, 2.45) is 5.41 Å². The van der Waals surface area contributed by atoms with Gasteiger partial charge in [0.05, 0.1) is 9.64 Å². The molecular formula is C17H22O2S. The molecule has 0 saturated heterocycles. The molecule has 2 aliphatic rings. The second-order valence-electron chi connectivity index (χ2n) is 6.35. The molecule has 2 saturated carbocycles. The van der Waals surface area contributed by atoms with Crippen LogP contribution in [-0.4, -0.2) is 13.2 Å². The lowest BCUT2D eigenvalue weighted by molar-refractivity contribution is 0.407. The highest BCUT2D eigenvalue weighted by molar-refractivity contribution is 7.93. The summed E-state index contributed by atoms with van der Waals surface area (Å²) < 4.78 is 25.7. The van der Waals surface area contributed by atoms with Gasteiger partial charge in [-0.3, -0.25) is 0 Å². The van der Waals surface area contributed by atoms with Gasteiger partial charge in [0.2, 0.25) is 0 Å². The Labute approximate surface area is 121 Å². The van der Waals surface area contributed by atoms with Crippen LogP contribution >= 0.6 is 0 Å². The maximum absolute atomic E-state index is 13.1. The van der Waals surface area contributed by atoms with E-state index in [0.717, 1.165) is 37.7 Å². The number of aryl methyl sites for hydroxylation is 1. The van der Waals surface area contributed by atoms with Crippen LogP contribution in [-0.2, 0) is 9.84 Å². The summed E-state index contributed by atoms with van der Waals surface area (Å²) in [5, 5.41) is 0. The third-order valence-electron chi connectivity index (χ3n) is 5.17. The Morgan fingerprint density at radius 3 is 2.40 bits per heavy atom. The molecule has 108 valence electrons. The molecule has 0 heterocycles. The fourth-order valence-corrected chi connectivity index (χ4v) is 6.53. The third kappa shape index (κ3) is 1.72. The number of hydrogen-bond acceptors (Lipinski definition) is 2. The number of rotatable bonds is 3. The molecule has 0 bridgehead atoms. The maximum atomic E-state index is 13.1. The summed E-state index contributed by atoms with van der Waals surface area (Å²) in [5.41, 5.74) is 1.00. The molecule has 0 amide bonds. The van der Waals surface area contributed by atoms with Crippen molar-refractivity contribution in [1.82, 2.24) is 0 Å². The fourth-order valence-electron chi connectivity index (χ4n) is 4.02. The van der Waals surface area contributed by atoms with Crippen molar-refractivity contribution in [3.63, 3.8) is 0 Å². The second-order valence-corrected chi connectivity index (χ2v) is 8.61. The van der Waals surface area contributed by atoms with Crippen molar-refractivity contribution in [3.8, 4) is 0 Å². The van der Waals surface area contributed by atoms with Crippen LogP contribution in [0.3, 0.4) is 0 Å². The van der Waals surface area contributed by atoms with Crippen LogP contribution in [0.15, 0.2) is 41.3 Å². The Morgan fingerprint density at radius 1 is 1.10 bits per heavy atom. The average Bonchev–Trinajstić information content (AvgIpc) is 3.10. The lowest BCUT2D eigenvalue weighted by Crippen LogP contribution is -2.32. The lowest BCUT2D eigenvalue weighted by atomic mass is 9.88. The van der Waals surface area contributed by atoms with Gasteiger partial charge in [-0.1, -0.05) is 42.7 Å². The number of fused-ring (bicyclic) bond motifs is 1. The van der Waals surface area contributed by atoms with Crippen LogP contribution in [0.25, 0.3) is 0 Å². The minimum Gasteiger partial charge on any atom is -0.223 e. The fraction of sp³-hybridized carbons (Fsp3) is 0.529. The Balaban J connectivity index is 2.05. The van der Waals surface area contributed by atoms with E-state index in [0.29, 0.717) is 4.90 Å². The lowest BCUT2D eigenvalue weighted by Gasteiger charge is -2.28. The van der Waals surface area contributed by atoms with Crippen LogP contribution in [0.1, 0.15) is 44.6 Å². The van der Waals surface area contributed by atoms with Crippen molar-refractivity contribution < 1.29 is 8.42 Å². The zero-order valence-corrected chi connectivity index (χ0v) is 13.0. The molecule has 1 aromatic rings. The predicted octanol–water partition coefficient (Wildman–Crippen LogP) is 4.05. The molecule has 0 radical (unpaired) electrons. The summed E-state index contributed by atoms with van der Waals surface area (Å²) in [6.07, 6.45) is 8.99. The van der Waals surface area contributed by atoms with Crippen LogP contribution in [0.4, 0.5) is 0 Å². The summed E-state index contributed by atoms with van der Waals surface area (Å²) >= 11 is 0. The standard InChI is InChI=1S/C17H22O2S/c1-3-10-16-11-4-5-12-17(16,13-16)20(18,19)15-8-6-14(2)7-9-15/h3,6-10H,4-5,11-13H2,1-2H3/b10-3+/t16-,17-/m1/s1. The largest absolute Gasteiger partial charge is 0.223 e. The van der Waals surface area contributed by atoms with Gasteiger partial charge in [-0.05, 0) is 45.2 Å². The van der Waals surface area contributed by atoms with Crippen LogP contribution in [0.5, 0.6) is 0 Å². The summed E-state index contributed by atoms with van der Waals surface area (Å²) in [5.74, 6) is 0. The number of allylic oxidation sites excluding steroid dienone is 2.